The highest BCUT2D eigenvalue weighted by atomic mass is 28.4. The summed E-state index contributed by atoms with van der Waals surface area (Å²) in [6, 6.07) is 2.93. The number of rotatable bonds is 9. The van der Waals surface area contributed by atoms with Crippen LogP contribution in [0.4, 0.5) is 4.79 Å². The van der Waals surface area contributed by atoms with Gasteiger partial charge in [-0.15, -0.1) is 0 Å². The van der Waals surface area contributed by atoms with E-state index in [2.05, 4.69) is 27.7 Å². The van der Waals surface area contributed by atoms with Crippen molar-refractivity contribution in [1.82, 2.24) is 4.90 Å². The molecule has 1 aliphatic carbocycles. The van der Waals surface area contributed by atoms with Crippen LogP contribution in [-0.2, 0) is 14.0 Å². The second-order valence-electron chi connectivity index (χ2n) is 7.85. The fourth-order valence-corrected chi connectivity index (χ4v) is 7.17. The minimum absolute atomic E-state index is 0.117. The molecule has 1 heterocycles. The number of β-lactam (4-membered cyclic amide) rings is 1. The fraction of sp³-hybridized carbons (Fsp3) is 0.900. The Kier molecular flexibility index (Phi) is 8.14. The zero-order valence-electron chi connectivity index (χ0n) is 17.1. The lowest BCUT2D eigenvalue weighted by atomic mass is 9.77. The van der Waals surface area contributed by atoms with Crippen LogP contribution >= 0.6 is 0 Å². The molecule has 1 saturated carbocycles. The van der Waals surface area contributed by atoms with Gasteiger partial charge < -0.3 is 9.16 Å². The van der Waals surface area contributed by atoms with Crippen molar-refractivity contribution in [3.05, 3.63) is 0 Å². The van der Waals surface area contributed by atoms with E-state index in [1.165, 1.54) is 24.2 Å². The third-order valence-electron chi connectivity index (χ3n) is 6.45. The molecule has 0 aromatic rings. The Morgan fingerprint density at radius 3 is 2.23 bits per heavy atom. The summed E-state index contributed by atoms with van der Waals surface area (Å²) in [7, 11) is -1.89. The number of ether oxygens (including phenoxy) is 1. The van der Waals surface area contributed by atoms with Gasteiger partial charge >= 0.3 is 6.09 Å². The zero-order valence-corrected chi connectivity index (χ0v) is 18.1. The molecule has 0 aromatic carbocycles. The number of hydrogen-bond donors (Lipinski definition) is 0. The maximum absolute atomic E-state index is 12.8. The molecule has 6 heteroatoms. The first-order valence-electron chi connectivity index (χ1n) is 10.7. The first kappa shape index (κ1) is 21.4. The summed E-state index contributed by atoms with van der Waals surface area (Å²) in [5.41, 5.74) is 0. The molecular weight excluding hydrogens is 346 g/mol. The highest BCUT2D eigenvalue weighted by molar-refractivity contribution is 6.73. The van der Waals surface area contributed by atoms with E-state index < -0.39 is 20.5 Å². The second kappa shape index (κ2) is 9.88. The molecule has 0 bridgehead atoms. The Balaban J connectivity index is 2.13. The first-order chi connectivity index (χ1) is 12.5. The molecule has 2 rings (SSSR count). The van der Waals surface area contributed by atoms with Crippen molar-refractivity contribution >= 4 is 20.3 Å². The predicted octanol–water partition coefficient (Wildman–Crippen LogP) is 5.10. The zero-order chi connectivity index (χ0) is 19.2. The van der Waals surface area contributed by atoms with Crippen LogP contribution in [0.3, 0.4) is 0 Å². The molecule has 2 unspecified atom stereocenters. The average Bonchev–Trinajstić information content (AvgIpc) is 2.68. The van der Waals surface area contributed by atoms with Crippen molar-refractivity contribution in [3.63, 3.8) is 0 Å². The van der Waals surface area contributed by atoms with Crippen LogP contribution in [0, 0.1) is 5.92 Å². The highest BCUT2D eigenvalue weighted by Crippen LogP contribution is 2.40. The molecule has 0 aromatic heterocycles. The summed E-state index contributed by atoms with van der Waals surface area (Å²) in [6.45, 7) is 8.97. The second-order valence-corrected chi connectivity index (χ2v) is 12.6. The monoisotopic (exact) mass is 383 g/mol. The van der Waals surface area contributed by atoms with E-state index in [0.29, 0.717) is 12.5 Å². The summed E-state index contributed by atoms with van der Waals surface area (Å²) in [4.78, 5) is 26.7. The Morgan fingerprint density at radius 1 is 1.08 bits per heavy atom. The molecule has 5 nitrogen and oxygen atoms in total. The van der Waals surface area contributed by atoms with Crippen LogP contribution in [0.25, 0.3) is 0 Å². The van der Waals surface area contributed by atoms with Gasteiger partial charge in [0.05, 0.1) is 12.6 Å². The highest BCUT2D eigenvalue weighted by Gasteiger charge is 2.57. The Bertz CT molecular complexity index is 466. The molecule has 1 saturated heterocycles. The largest absolute Gasteiger partial charge is 0.449 e. The molecule has 150 valence electrons. The van der Waals surface area contributed by atoms with E-state index in [0.717, 1.165) is 43.8 Å². The van der Waals surface area contributed by atoms with Crippen molar-refractivity contribution in [3.8, 4) is 0 Å². The summed E-state index contributed by atoms with van der Waals surface area (Å²) >= 11 is 0. The molecule has 0 spiro atoms. The van der Waals surface area contributed by atoms with Crippen LogP contribution in [-0.4, -0.2) is 44.0 Å². The molecule has 2 aliphatic rings. The normalized spacial score (nSPS) is 24.5. The van der Waals surface area contributed by atoms with E-state index >= 15 is 0 Å². The molecule has 2 amide bonds. The SMILES string of the molecule is CCCCOC(=O)N1C(=O)C(O[Si](CC)(CC)CC)C1C1CCCCC1. The van der Waals surface area contributed by atoms with Gasteiger partial charge in [-0.2, -0.15) is 0 Å². The van der Waals surface area contributed by atoms with Crippen LogP contribution in [0.1, 0.15) is 72.6 Å². The van der Waals surface area contributed by atoms with Gasteiger partial charge in [-0.3, -0.25) is 4.79 Å². The Morgan fingerprint density at radius 2 is 1.69 bits per heavy atom. The van der Waals surface area contributed by atoms with Gasteiger partial charge in [0.15, 0.2) is 8.32 Å². The third kappa shape index (κ3) is 4.50. The molecule has 1 aliphatic heterocycles. The number of carbonyl (C=O) groups excluding carboxylic acids is 2. The number of unbranched alkanes of at least 4 members (excludes halogenated alkanes) is 1. The lowest BCUT2D eigenvalue weighted by Gasteiger charge is -2.51. The van der Waals surface area contributed by atoms with Gasteiger partial charge in [0, 0.05) is 0 Å². The number of likely N-dealkylation sites (tertiary alicyclic amines) is 1. The maximum Gasteiger partial charge on any atom is 0.416 e. The van der Waals surface area contributed by atoms with Gasteiger partial charge in [-0.05, 0) is 43.3 Å². The van der Waals surface area contributed by atoms with Crippen molar-refractivity contribution in [2.75, 3.05) is 6.61 Å². The minimum Gasteiger partial charge on any atom is -0.449 e. The summed E-state index contributed by atoms with van der Waals surface area (Å²) < 4.78 is 11.9. The Labute approximate surface area is 159 Å². The van der Waals surface area contributed by atoms with Crippen LogP contribution in [0.5, 0.6) is 0 Å². The number of carbonyl (C=O) groups is 2. The van der Waals surface area contributed by atoms with Crippen LogP contribution < -0.4 is 0 Å². The summed E-state index contributed by atoms with van der Waals surface area (Å²) in [5.74, 6) is 0.191. The number of hydrogen-bond acceptors (Lipinski definition) is 4. The number of imide groups is 1. The molecule has 2 fully saturated rings. The smallest absolute Gasteiger partial charge is 0.416 e. The van der Waals surface area contributed by atoms with E-state index in [1.54, 1.807) is 0 Å². The summed E-state index contributed by atoms with van der Waals surface area (Å²) in [5, 5.41) is 0. The van der Waals surface area contributed by atoms with Crippen molar-refractivity contribution < 1.29 is 18.8 Å². The standard InChI is InChI=1S/C20H37NO4Si/c1-5-9-15-24-20(23)21-17(16-13-11-10-12-14-16)18(19(21)22)25-26(6-2,7-3)8-4/h16-18H,5-15H2,1-4H3. The topological polar surface area (TPSA) is 55.8 Å². The first-order valence-corrected chi connectivity index (χ1v) is 13.2. The lowest BCUT2D eigenvalue weighted by molar-refractivity contribution is -0.165. The van der Waals surface area contributed by atoms with Crippen molar-refractivity contribution in [1.29, 1.82) is 0 Å². The predicted molar refractivity (Wildman–Crippen MR) is 106 cm³/mol. The minimum atomic E-state index is -1.89. The lowest BCUT2D eigenvalue weighted by Crippen LogP contribution is -2.72. The molecule has 26 heavy (non-hydrogen) atoms. The van der Waals surface area contributed by atoms with Gasteiger partial charge in [-0.1, -0.05) is 53.4 Å². The van der Waals surface area contributed by atoms with E-state index in [9.17, 15) is 9.59 Å². The van der Waals surface area contributed by atoms with Gasteiger partial charge in [-0.25, -0.2) is 9.69 Å². The fourth-order valence-electron chi connectivity index (χ4n) is 4.39. The maximum atomic E-state index is 12.8. The van der Waals surface area contributed by atoms with E-state index in [1.807, 2.05) is 0 Å². The van der Waals surface area contributed by atoms with Crippen LogP contribution in [0.2, 0.25) is 18.1 Å². The van der Waals surface area contributed by atoms with Crippen molar-refractivity contribution in [2.24, 2.45) is 5.92 Å². The van der Waals surface area contributed by atoms with Crippen molar-refractivity contribution in [2.45, 2.75) is 103 Å². The summed E-state index contributed by atoms with van der Waals surface area (Å²) in [6.07, 6.45) is 6.68. The van der Waals surface area contributed by atoms with Gasteiger partial charge in [0.25, 0.3) is 5.91 Å². The molecular formula is C20H37NO4Si. The Hall–Kier alpha value is -0.883. The molecule has 2 atom stereocenters. The van der Waals surface area contributed by atoms with Gasteiger partial charge in [0.2, 0.25) is 0 Å². The van der Waals surface area contributed by atoms with E-state index in [-0.39, 0.29) is 11.9 Å². The van der Waals surface area contributed by atoms with E-state index in [4.69, 9.17) is 9.16 Å². The van der Waals surface area contributed by atoms with Crippen LogP contribution in [0.15, 0.2) is 0 Å². The third-order valence-corrected chi connectivity index (χ3v) is 11.1. The molecule has 0 radical (unpaired) electrons. The average molecular weight is 384 g/mol. The quantitative estimate of drug-likeness (QED) is 0.315. The molecule has 0 N–H and O–H groups in total. The van der Waals surface area contributed by atoms with Gasteiger partial charge in [0.1, 0.15) is 6.10 Å². The number of nitrogens with zero attached hydrogens (tertiary/aromatic N) is 1. The number of amides is 2.